The lowest BCUT2D eigenvalue weighted by molar-refractivity contribution is 0.100. The van der Waals surface area contributed by atoms with E-state index in [2.05, 4.69) is 15.5 Å². The minimum absolute atomic E-state index is 0.110. The molecule has 0 aliphatic carbocycles. The van der Waals surface area contributed by atoms with Crippen molar-refractivity contribution in [1.82, 2.24) is 10.2 Å². The molecule has 0 saturated heterocycles. The zero-order valence-electron chi connectivity index (χ0n) is 11.6. The normalized spacial score (nSPS) is 10.5. The maximum Gasteiger partial charge on any atom is 0.252 e. The molecular formula is C14H14Cl2N4O2. The smallest absolute Gasteiger partial charge is 0.252 e. The van der Waals surface area contributed by atoms with Crippen LogP contribution in [0, 0.1) is 0 Å². The van der Waals surface area contributed by atoms with E-state index in [1.54, 1.807) is 12.1 Å². The van der Waals surface area contributed by atoms with Gasteiger partial charge in [-0.15, -0.1) is 10.2 Å². The van der Waals surface area contributed by atoms with Crippen molar-refractivity contribution >= 4 is 34.9 Å². The maximum atomic E-state index is 11.3. The number of aromatic nitrogens is 2. The van der Waals surface area contributed by atoms with Crippen molar-refractivity contribution in [3.05, 3.63) is 51.6 Å². The SMILES string of the molecule is NC(=O)c1cc(Cl)nnc1NCCOCc1ccc(Cl)cc1. The number of carbonyl (C=O) groups is 1. The van der Waals surface area contributed by atoms with Crippen molar-refractivity contribution < 1.29 is 9.53 Å². The predicted molar refractivity (Wildman–Crippen MR) is 85.2 cm³/mol. The third-order valence-electron chi connectivity index (χ3n) is 2.75. The van der Waals surface area contributed by atoms with Gasteiger partial charge in [0.1, 0.15) is 0 Å². The summed E-state index contributed by atoms with van der Waals surface area (Å²) >= 11 is 11.5. The highest BCUT2D eigenvalue weighted by Gasteiger charge is 2.11. The minimum Gasteiger partial charge on any atom is -0.375 e. The van der Waals surface area contributed by atoms with Gasteiger partial charge in [0, 0.05) is 11.6 Å². The van der Waals surface area contributed by atoms with Gasteiger partial charge < -0.3 is 15.8 Å². The first-order valence-electron chi connectivity index (χ1n) is 6.45. The molecule has 0 aliphatic rings. The van der Waals surface area contributed by atoms with E-state index in [1.165, 1.54) is 6.07 Å². The molecule has 0 unspecified atom stereocenters. The number of ether oxygens (including phenoxy) is 1. The molecule has 8 heteroatoms. The lowest BCUT2D eigenvalue weighted by Crippen LogP contribution is -2.18. The van der Waals surface area contributed by atoms with Crippen LogP contribution in [-0.4, -0.2) is 29.3 Å². The molecule has 6 nitrogen and oxygen atoms in total. The van der Waals surface area contributed by atoms with Gasteiger partial charge in [0.2, 0.25) is 0 Å². The van der Waals surface area contributed by atoms with Gasteiger partial charge >= 0.3 is 0 Å². The van der Waals surface area contributed by atoms with Crippen LogP contribution in [0.1, 0.15) is 15.9 Å². The van der Waals surface area contributed by atoms with Crippen LogP contribution in [0.25, 0.3) is 0 Å². The van der Waals surface area contributed by atoms with Crippen molar-refractivity contribution in [2.75, 3.05) is 18.5 Å². The molecule has 0 bridgehead atoms. The molecular weight excluding hydrogens is 327 g/mol. The summed E-state index contributed by atoms with van der Waals surface area (Å²) in [5.41, 5.74) is 6.47. The average molecular weight is 341 g/mol. The maximum absolute atomic E-state index is 11.3. The zero-order chi connectivity index (χ0) is 15.9. The number of nitrogens with two attached hydrogens (primary N) is 1. The number of hydrogen-bond acceptors (Lipinski definition) is 5. The van der Waals surface area contributed by atoms with E-state index in [0.717, 1.165) is 5.56 Å². The number of amides is 1. The van der Waals surface area contributed by atoms with Crippen LogP contribution in [-0.2, 0) is 11.3 Å². The molecule has 3 N–H and O–H groups in total. The molecule has 2 rings (SSSR count). The van der Waals surface area contributed by atoms with Crippen LogP contribution < -0.4 is 11.1 Å². The summed E-state index contributed by atoms with van der Waals surface area (Å²) in [4.78, 5) is 11.3. The van der Waals surface area contributed by atoms with Gasteiger partial charge in [0.15, 0.2) is 11.0 Å². The summed E-state index contributed by atoms with van der Waals surface area (Å²) in [7, 11) is 0. The first-order valence-corrected chi connectivity index (χ1v) is 7.21. The fraction of sp³-hybridized carbons (Fsp3) is 0.214. The quantitative estimate of drug-likeness (QED) is 0.755. The first-order chi connectivity index (χ1) is 10.6. The molecule has 1 heterocycles. The predicted octanol–water partition coefficient (Wildman–Crippen LogP) is 2.51. The first kappa shape index (κ1) is 16.5. The highest BCUT2D eigenvalue weighted by molar-refractivity contribution is 6.30. The van der Waals surface area contributed by atoms with Gasteiger partial charge in [-0.25, -0.2) is 0 Å². The number of primary amides is 1. The molecule has 1 amide bonds. The Morgan fingerprint density at radius 3 is 2.64 bits per heavy atom. The summed E-state index contributed by atoms with van der Waals surface area (Å²) in [6.45, 7) is 1.34. The molecule has 116 valence electrons. The van der Waals surface area contributed by atoms with E-state index in [1.807, 2.05) is 12.1 Å². The van der Waals surface area contributed by atoms with Crippen LogP contribution in [0.5, 0.6) is 0 Å². The van der Waals surface area contributed by atoms with Crippen LogP contribution in [0.4, 0.5) is 5.82 Å². The molecule has 0 radical (unpaired) electrons. The minimum atomic E-state index is -0.624. The van der Waals surface area contributed by atoms with Gasteiger partial charge in [0.05, 0.1) is 18.8 Å². The summed E-state index contributed by atoms with van der Waals surface area (Å²) in [6.07, 6.45) is 0. The van der Waals surface area contributed by atoms with Gasteiger partial charge in [-0.2, -0.15) is 0 Å². The molecule has 0 spiro atoms. The Kier molecular flexibility index (Phi) is 5.94. The van der Waals surface area contributed by atoms with E-state index in [4.69, 9.17) is 33.7 Å². The number of nitrogens with one attached hydrogen (secondary N) is 1. The number of anilines is 1. The lowest BCUT2D eigenvalue weighted by atomic mass is 10.2. The summed E-state index contributed by atoms with van der Waals surface area (Å²) < 4.78 is 5.51. The Labute approximate surface area is 137 Å². The summed E-state index contributed by atoms with van der Waals surface area (Å²) in [5, 5.41) is 11.2. The Morgan fingerprint density at radius 2 is 1.95 bits per heavy atom. The van der Waals surface area contributed by atoms with Gasteiger partial charge in [-0.1, -0.05) is 35.3 Å². The van der Waals surface area contributed by atoms with Crippen molar-refractivity contribution in [1.29, 1.82) is 0 Å². The number of rotatable bonds is 7. The monoisotopic (exact) mass is 340 g/mol. The zero-order valence-corrected chi connectivity index (χ0v) is 13.1. The number of hydrogen-bond donors (Lipinski definition) is 2. The number of benzene rings is 1. The third kappa shape index (κ3) is 4.84. The van der Waals surface area contributed by atoms with E-state index in [9.17, 15) is 4.79 Å². The fourth-order valence-electron chi connectivity index (χ4n) is 1.70. The topological polar surface area (TPSA) is 90.1 Å². The van der Waals surface area contributed by atoms with E-state index in [0.29, 0.717) is 24.8 Å². The van der Waals surface area contributed by atoms with E-state index in [-0.39, 0.29) is 16.5 Å². The van der Waals surface area contributed by atoms with Crippen LogP contribution >= 0.6 is 23.2 Å². The number of nitrogens with zero attached hydrogens (tertiary/aromatic N) is 2. The fourth-order valence-corrected chi connectivity index (χ4v) is 1.97. The largest absolute Gasteiger partial charge is 0.375 e. The highest BCUT2D eigenvalue weighted by Crippen LogP contribution is 2.14. The van der Waals surface area contributed by atoms with Crippen LogP contribution in [0.15, 0.2) is 30.3 Å². The lowest BCUT2D eigenvalue weighted by Gasteiger charge is -2.09. The Balaban J connectivity index is 1.79. The molecule has 0 atom stereocenters. The van der Waals surface area contributed by atoms with Crippen LogP contribution in [0.2, 0.25) is 10.2 Å². The van der Waals surface area contributed by atoms with Crippen molar-refractivity contribution in [2.45, 2.75) is 6.61 Å². The van der Waals surface area contributed by atoms with Crippen molar-refractivity contribution in [3.63, 3.8) is 0 Å². The molecule has 0 saturated carbocycles. The number of carbonyl (C=O) groups excluding carboxylic acids is 1. The van der Waals surface area contributed by atoms with Gasteiger partial charge in [-0.3, -0.25) is 4.79 Å². The van der Waals surface area contributed by atoms with Crippen molar-refractivity contribution in [2.24, 2.45) is 5.73 Å². The molecule has 0 aliphatic heterocycles. The Bertz CT molecular complexity index is 650. The third-order valence-corrected chi connectivity index (χ3v) is 3.19. The second kappa shape index (κ2) is 7.93. The van der Waals surface area contributed by atoms with E-state index < -0.39 is 5.91 Å². The Morgan fingerprint density at radius 1 is 1.23 bits per heavy atom. The molecule has 22 heavy (non-hydrogen) atoms. The average Bonchev–Trinajstić information content (AvgIpc) is 2.50. The van der Waals surface area contributed by atoms with Crippen molar-refractivity contribution in [3.8, 4) is 0 Å². The molecule has 0 fully saturated rings. The Hall–Kier alpha value is -1.89. The van der Waals surface area contributed by atoms with Crippen LogP contribution in [0.3, 0.4) is 0 Å². The summed E-state index contributed by atoms with van der Waals surface area (Å²) in [5.74, 6) is -0.339. The van der Waals surface area contributed by atoms with E-state index >= 15 is 0 Å². The number of halogens is 2. The second-order valence-electron chi connectivity index (χ2n) is 4.40. The molecule has 1 aromatic heterocycles. The highest BCUT2D eigenvalue weighted by atomic mass is 35.5. The summed E-state index contributed by atoms with van der Waals surface area (Å²) in [6, 6.07) is 8.77. The van der Waals surface area contributed by atoms with Gasteiger partial charge in [-0.05, 0) is 23.8 Å². The molecule has 2 aromatic rings. The second-order valence-corrected chi connectivity index (χ2v) is 5.22. The van der Waals surface area contributed by atoms with Gasteiger partial charge in [0.25, 0.3) is 5.91 Å². The standard InChI is InChI=1S/C14H14Cl2N4O2/c15-10-3-1-9(2-4-10)8-22-6-5-18-14-11(13(17)21)7-12(16)19-20-14/h1-4,7H,5-6,8H2,(H2,17,21)(H,18,20). The molecule has 1 aromatic carbocycles.